The molecule has 3 heterocycles. The molecule has 0 fully saturated rings. The molecule has 1 aromatic carbocycles. The molecule has 0 radical (unpaired) electrons. The van der Waals surface area contributed by atoms with Gasteiger partial charge < -0.3 is 9.88 Å². The molecular formula is C18H20N4S. The summed E-state index contributed by atoms with van der Waals surface area (Å²) in [5.41, 5.74) is 3.62. The summed E-state index contributed by atoms with van der Waals surface area (Å²) in [6, 6.07) is 15.0. The number of aromatic nitrogens is 2. The molecule has 23 heavy (non-hydrogen) atoms. The Labute approximate surface area is 140 Å². The van der Waals surface area contributed by atoms with Crippen molar-refractivity contribution < 1.29 is 0 Å². The zero-order chi connectivity index (χ0) is 15.6. The lowest BCUT2D eigenvalue weighted by Gasteiger charge is -2.34. The molecule has 0 saturated heterocycles. The lowest BCUT2D eigenvalue weighted by atomic mass is 10.1. The third-order valence-corrected chi connectivity index (χ3v) is 5.22. The van der Waals surface area contributed by atoms with E-state index in [4.69, 9.17) is 4.98 Å². The molecule has 4 nitrogen and oxygen atoms in total. The summed E-state index contributed by atoms with van der Waals surface area (Å²) in [6.45, 7) is 5.31. The number of rotatable bonds is 4. The van der Waals surface area contributed by atoms with Gasteiger partial charge in [0.05, 0.1) is 5.69 Å². The van der Waals surface area contributed by atoms with Gasteiger partial charge in [0.15, 0.2) is 5.13 Å². The summed E-state index contributed by atoms with van der Waals surface area (Å²) in [4.78, 5) is 7.23. The van der Waals surface area contributed by atoms with Crippen molar-refractivity contribution in [3.8, 4) is 0 Å². The van der Waals surface area contributed by atoms with Gasteiger partial charge in [-0.3, -0.25) is 4.90 Å². The molecule has 4 rings (SSSR count). The van der Waals surface area contributed by atoms with Gasteiger partial charge in [-0.15, -0.1) is 11.3 Å². The Hall–Kier alpha value is -2.11. The van der Waals surface area contributed by atoms with E-state index < -0.39 is 0 Å². The van der Waals surface area contributed by atoms with Gasteiger partial charge in [-0.05, 0) is 31.2 Å². The highest BCUT2D eigenvalue weighted by Gasteiger charge is 2.23. The molecule has 2 aromatic heterocycles. The van der Waals surface area contributed by atoms with E-state index in [1.807, 2.05) is 18.2 Å². The second kappa shape index (κ2) is 6.18. The molecule has 0 bridgehead atoms. The molecule has 0 amide bonds. The van der Waals surface area contributed by atoms with E-state index in [2.05, 4.69) is 57.5 Å². The van der Waals surface area contributed by atoms with Crippen molar-refractivity contribution in [1.29, 1.82) is 0 Å². The fourth-order valence-electron chi connectivity index (χ4n) is 3.13. The van der Waals surface area contributed by atoms with Crippen molar-refractivity contribution in [3.63, 3.8) is 0 Å². The Morgan fingerprint density at radius 1 is 1.17 bits per heavy atom. The van der Waals surface area contributed by atoms with Gasteiger partial charge in [-0.2, -0.15) is 0 Å². The molecule has 0 unspecified atom stereocenters. The minimum atomic E-state index is 0.436. The maximum absolute atomic E-state index is 4.74. The van der Waals surface area contributed by atoms with Crippen LogP contribution in [0.2, 0.25) is 0 Å². The molecule has 0 aliphatic carbocycles. The predicted octanol–water partition coefficient (Wildman–Crippen LogP) is 4.27. The number of para-hydroxylation sites is 1. The second-order valence-electron chi connectivity index (χ2n) is 5.91. The molecule has 0 spiro atoms. The van der Waals surface area contributed by atoms with E-state index in [1.54, 1.807) is 11.3 Å². The van der Waals surface area contributed by atoms with Crippen LogP contribution in [-0.2, 0) is 13.1 Å². The van der Waals surface area contributed by atoms with Crippen LogP contribution in [0.5, 0.6) is 0 Å². The molecular weight excluding hydrogens is 304 g/mol. The van der Waals surface area contributed by atoms with Gasteiger partial charge in [0.1, 0.15) is 0 Å². The number of hydrogen-bond donors (Lipinski definition) is 1. The fourth-order valence-corrected chi connectivity index (χ4v) is 3.85. The summed E-state index contributed by atoms with van der Waals surface area (Å²) >= 11 is 1.67. The van der Waals surface area contributed by atoms with Gasteiger partial charge in [0.25, 0.3) is 0 Å². The first-order chi connectivity index (χ1) is 11.3. The highest BCUT2D eigenvalue weighted by molar-refractivity contribution is 7.13. The molecule has 118 valence electrons. The number of anilines is 2. The van der Waals surface area contributed by atoms with Crippen LogP contribution < -0.4 is 5.32 Å². The summed E-state index contributed by atoms with van der Waals surface area (Å²) in [7, 11) is 0. The molecule has 1 aliphatic rings. The van der Waals surface area contributed by atoms with Crippen molar-refractivity contribution >= 4 is 22.2 Å². The van der Waals surface area contributed by atoms with Crippen LogP contribution in [0.25, 0.3) is 0 Å². The van der Waals surface area contributed by atoms with Crippen LogP contribution in [-0.4, -0.2) is 21.0 Å². The van der Waals surface area contributed by atoms with Crippen molar-refractivity contribution in [1.82, 2.24) is 14.5 Å². The van der Waals surface area contributed by atoms with E-state index in [0.29, 0.717) is 6.04 Å². The summed E-state index contributed by atoms with van der Waals surface area (Å²) in [5.74, 6) is 0. The Morgan fingerprint density at radius 2 is 2.04 bits per heavy atom. The Balaban J connectivity index is 1.44. The van der Waals surface area contributed by atoms with Crippen molar-refractivity contribution in [3.05, 3.63) is 65.4 Å². The quantitative estimate of drug-likeness (QED) is 0.778. The first-order valence-electron chi connectivity index (χ1n) is 7.95. The maximum Gasteiger partial charge on any atom is 0.187 e. The Kier molecular flexibility index (Phi) is 3.89. The summed E-state index contributed by atoms with van der Waals surface area (Å²) in [5, 5.41) is 6.49. The summed E-state index contributed by atoms with van der Waals surface area (Å²) < 4.78 is 2.35. The van der Waals surface area contributed by atoms with Crippen LogP contribution in [0.15, 0.2) is 54.0 Å². The van der Waals surface area contributed by atoms with Crippen molar-refractivity contribution in [2.24, 2.45) is 0 Å². The number of benzene rings is 1. The lowest BCUT2D eigenvalue weighted by molar-refractivity contribution is 0.159. The zero-order valence-electron chi connectivity index (χ0n) is 13.1. The Morgan fingerprint density at radius 3 is 2.91 bits per heavy atom. The normalized spacial score (nSPS) is 17.9. The Bertz CT molecular complexity index is 777. The van der Waals surface area contributed by atoms with E-state index in [0.717, 1.165) is 36.1 Å². The lowest BCUT2D eigenvalue weighted by Crippen LogP contribution is -2.35. The van der Waals surface area contributed by atoms with Gasteiger partial charge >= 0.3 is 0 Å². The van der Waals surface area contributed by atoms with Crippen LogP contribution in [0.4, 0.5) is 10.8 Å². The number of hydrogen-bond acceptors (Lipinski definition) is 4. The number of nitrogens with one attached hydrogen (secondary N) is 1. The molecule has 5 heteroatoms. The standard InChI is InChI=1S/C18H20N4S/c1-14-17-8-5-9-21(17)10-11-22(14)12-16-13-23-18(20-16)19-15-6-3-2-4-7-15/h2-9,13-14H,10-12H2,1H3,(H,19,20)/t14-/m0/s1. The highest BCUT2D eigenvalue weighted by Crippen LogP contribution is 2.28. The van der Waals surface area contributed by atoms with Crippen molar-refractivity contribution in [2.75, 3.05) is 11.9 Å². The topological polar surface area (TPSA) is 33.1 Å². The average Bonchev–Trinajstić information content (AvgIpc) is 3.21. The minimum absolute atomic E-state index is 0.436. The highest BCUT2D eigenvalue weighted by atomic mass is 32.1. The first kappa shape index (κ1) is 14.5. The molecule has 0 saturated carbocycles. The van der Waals surface area contributed by atoms with Crippen LogP contribution in [0, 0.1) is 0 Å². The third kappa shape index (κ3) is 3.02. The average molecular weight is 324 g/mol. The van der Waals surface area contributed by atoms with Gasteiger partial charge in [-0.25, -0.2) is 4.98 Å². The first-order valence-corrected chi connectivity index (χ1v) is 8.83. The van der Waals surface area contributed by atoms with Crippen LogP contribution in [0.3, 0.4) is 0 Å². The fraction of sp³-hybridized carbons (Fsp3) is 0.278. The monoisotopic (exact) mass is 324 g/mol. The van der Waals surface area contributed by atoms with Gasteiger partial charge in [0, 0.05) is 48.6 Å². The van der Waals surface area contributed by atoms with Gasteiger partial charge in [-0.1, -0.05) is 18.2 Å². The summed E-state index contributed by atoms with van der Waals surface area (Å²) in [6.07, 6.45) is 2.17. The molecule has 1 N–H and O–H groups in total. The SMILES string of the molecule is C[C@H]1c2cccn2CCN1Cc1csc(Nc2ccccc2)n1. The number of nitrogens with zero attached hydrogens (tertiary/aromatic N) is 3. The largest absolute Gasteiger partial charge is 0.349 e. The van der Waals surface area contributed by atoms with Crippen LogP contribution in [0.1, 0.15) is 24.4 Å². The van der Waals surface area contributed by atoms with Crippen LogP contribution >= 0.6 is 11.3 Å². The third-order valence-electron chi connectivity index (χ3n) is 4.41. The number of fused-ring (bicyclic) bond motifs is 1. The molecule has 1 aliphatic heterocycles. The minimum Gasteiger partial charge on any atom is -0.349 e. The van der Waals surface area contributed by atoms with E-state index in [-0.39, 0.29) is 0 Å². The van der Waals surface area contributed by atoms with Gasteiger partial charge in [0.2, 0.25) is 0 Å². The second-order valence-corrected chi connectivity index (χ2v) is 6.77. The van der Waals surface area contributed by atoms with E-state index in [1.165, 1.54) is 5.69 Å². The smallest absolute Gasteiger partial charge is 0.187 e. The van der Waals surface area contributed by atoms with E-state index in [9.17, 15) is 0 Å². The number of thiazole rings is 1. The maximum atomic E-state index is 4.74. The van der Waals surface area contributed by atoms with Crippen molar-refractivity contribution in [2.45, 2.75) is 26.1 Å². The van der Waals surface area contributed by atoms with E-state index >= 15 is 0 Å². The zero-order valence-corrected chi connectivity index (χ0v) is 14.0. The predicted molar refractivity (Wildman–Crippen MR) is 95.1 cm³/mol. The molecule has 1 atom stereocenters. The molecule has 3 aromatic rings.